The summed E-state index contributed by atoms with van der Waals surface area (Å²) in [5.74, 6) is -0.700. The van der Waals surface area contributed by atoms with Gasteiger partial charge in [0.25, 0.3) is 0 Å². The molecule has 8 N–H and O–H groups in total. The lowest BCUT2D eigenvalue weighted by Crippen LogP contribution is -2.60. The molecular formula is C60H117NO10. The van der Waals surface area contributed by atoms with Crippen molar-refractivity contribution in [1.29, 1.82) is 0 Å². The summed E-state index contributed by atoms with van der Waals surface area (Å²) in [6.07, 6.45) is 47.1. The van der Waals surface area contributed by atoms with Crippen LogP contribution < -0.4 is 5.32 Å². The van der Waals surface area contributed by atoms with E-state index >= 15 is 0 Å². The highest BCUT2D eigenvalue weighted by Gasteiger charge is 2.44. The maximum Gasteiger partial charge on any atom is 0.249 e. The number of allylic oxidation sites excluding steroid dienone is 2. The SMILES string of the molecule is CCCCCCCCCCCCC/C=C/CCCC(O)C(O)C(COC1OC(CO)C(O)C(O)C1O)NC(=O)C(O)CCCCCCCCCCCCCCCCCCCCCCCCCCCCCC. The first kappa shape index (κ1) is 67.9. The highest BCUT2D eigenvalue weighted by Crippen LogP contribution is 2.24. The third kappa shape index (κ3) is 38.1. The summed E-state index contributed by atoms with van der Waals surface area (Å²) < 4.78 is 11.1. The van der Waals surface area contributed by atoms with Gasteiger partial charge in [0.1, 0.15) is 36.6 Å². The van der Waals surface area contributed by atoms with Crippen molar-refractivity contribution in [2.75, 3.05) is 13.2 Å². The molecule has 1 fully saturated rings. The Morgan fingerprint density at radius 3 is 1.21 bits per heavy atom. The lowest BCUT2D eigenvalue weighted by molar-refractivity contribution is -0.303. The second-order valence-corrected chi connectivity index (χ2v) is 21.8. The molecule has 0 saturated carbocycles. The Kier molecular flexibility index (Phi) is 47.5. The molecule has 0 radical (unpaired) electrons. The number of rotatable bonds is 53. The number of aliphatic hydroxyl groups excluding tert-OH is 7. The molecule has 0 aromatic heterocycles. The van der Waals surface area contributed by atoms with E-state index in [1.807, 2.05) is 0 Å². The molecule has 11 heteroatoms. The number of ether oxygens (including phenoxy) is 2. The first-order valence-electron chi connectivity index (χ1n) is 30.6. The Bertz CT molecular complexity index is 1160. The van der Waals surface area contributed by atoms with Gasteiger partial charge in [0, 0.05) is 0 Å². The number of unbranched alkanes of at least 4 members (excludes halogenated alkanes) is 39. The Hall–Kier alpha value is -1.15. The van der Waals surface area contributed by atoms with Crippen LogP contribution in [0.25, 0.3) is 0 Å². The Balaban J connectivity index is 2.24. The minimum atomic E-state index is -1.66. The molecule has 1 aliphatic heterocycles. The average Bonchev–Trinajstić information content (AvgIpc) is 3.37. The smallest absolute Gasteiger partial charge is 0.249 e. The van der Waals surface area contributed by atoms with Crippen molar-refractivity contribution in [3.05, 3.63) is 12.2 Å². The highest BCUT2D eigenvalue weighted by molar-refractivity contribution is 5.80. The molecule has 1 aliphatic rings. The topological polar surface area (TPSA) is 189 Å². The molecule has 1 heterocycles. The molecule has 1 saturated heterocycles. The minimum absolute atomic E-state index is 0.260. The fraction of sp³-hybridized carbons (Fsp3) is 0.950. The van der Waals surface area contributed by atoms with Gasteiger partial charge in [-0.3, -0.25) is 4.79 Å². The summed E-state index contributed by atoms with van der Waals surface area (Å²) in [6, 6.07) is -1.18. The van der Waals surface area contributed by atoms with Crippen LogP contribution in [0.5, 0.6) is 0 Å². The highest BCUT2D eigenvalue weighted by atomic mass is 16.7. The standard InChI is InChI=1S/C60H117NO10/c1-3-5-7-9-11-13-15-17-19-21-22-23-24-25-26-27-28-29-30-31-32-34-36-38-40-42-44-46-48-53(64)59(69)61-51(50-70-60-58(68)57(67)56(66)54(49-62)71-60)55(65)52(63)47-45-43-41-39-37-35-33-20-18-16-14-12-10-8-6-4-2/h39,41,51-58,60,62-68H,3-38,40,42-50H2,1-2H3,(H,61,69)/b41-39+. The molecule has 0 aromatic rings. The van der Waals surface area contributed by atoms with Gasteiger partial charge in [0.15, 0.2) is 6.29 Å². The second-order valence-electron chi connectivity index (χ2n) is 21.8. The Morgan fingerprint density at radius 1 is 0.479 bits per heavy atom. The van der Waals surface area contributed by atoms with Crippen molar-refractivity contribution in [2.24, 2.45) is 0 Å². The molecule has 0 aliphatic carbocycles. The summed E-state index contributed by atoms with van der Waals surface area (Å²) in [5.41, 5.74) is 0. The van der Waals surface area contributed by atoms with E-state index in [-0.39, 0.29) is 12.8 Å². The first-order valence-corrected chi connectivity index (χ1v) is 30.6. The van der Waals surface area contributed by atoms with Crippen LogP contribution in [-0.4, -0.2) is 110 Å². The molecular weight excluding hydrogens is 895 g/mol. The molecule has 422 valence electrons. The van der Waals surface area contributed by atoms with E-state index in [1.165, 1.54) is 218 Å². The predicted octanol–water partition coefficient (Wildman–Crippen LogP) is 13.1. The van der Waals surface area contributed by atoms with Crippen LogP contribution in [0.2, 0.25) is 0 Å². The van der Waals surface area contributed by atoms with Crippen LogP contribution in [-0.2, 0) is 14.3 Å². The zero-order chi connectivity index (χ0) is 51.8. The van der Waals surface area contributed by atoms with Gasteiger partial charge in [-0.25, -0.2) is 0 Å². The number of carbonyl (C=O) groups excluding carboxylic acids is 1. The van der Waals surface area contributed by atoms with Crippen LogP contribution >= 0.6 is 0 Å². The molecule has 0 spiro atoms. The maximum absolute atomic E-state index is 13.2. The Labute approximate surface area is 436 Å². The van der Waals surface area contributed by atoms with E-state index in [0.717, 1.165) is 38.5 Å². The van der Waals surface area contributed by atoms with Crippen molar-refractivity contribution in [2.45, 2.75) is 351 Å². The molecule has 0 aromatic carbocycles. The summed E-state index contributed by atoms with van der Waals surface area (Å²) in [5, 5.41) is 76.1. The number of hydrogen-bond donors (Lipinski definition) is 8. The molecule has 1 amide bonds. The van der Waals surface area contributed by atoms with Crippen LogP contribution in [0, 0.1) is 0 Å². The summed E-state index contributed by atoms with van der Waals surface area (Å²) in [7, 11) is 0. The second kappa shape index (κ2) is 49.7. The zero-order valence-electron chi connectivity index (χ0n) is 46.2. The van der Waals surface area contributed by atoms with Crippen molar-refractivity contribution < 1.29 is 50.0 Å². The molecule has 0 bridgehead atoms. The molecule has 9 atom stereocenters. The first-order chi connectivity index (χ1) is 34.7. The fourth-order valence-corrected chi connectivity index (χ4v) is 10.1. The molecule has 71 heavy (non-hydrogen) atoms. The van der Waals surface area contributed by atoms with Crippen molar-refractivity contribution in [1.82, 2.24) is 5.32 Å². The third-order valence-corrected chi connectivity index (χ3v) is 15.1. The van der Waals surface area contributed by atoms with Gasteiger partial charge in [-0.2, -0.15) is 0 Å². The van der Waals surface area contributed by atoms with Gasteiger partial charge in [0.2, 0.25) is 5.91 Å². The fourth-order valence-electron chi connectivity index (χ4n) is 10.1. The monoisotopic (exact) mass is 1010 g/mol. The largest absolute Gasteiger partial charge is 0.394 e. The molecule has 11 nitrogen and oxygen atoms in total. The van der Waals surface area contributed by atoms with E-state index in [0.29, 0.717) is 12.8 Å². The van der Waals surface area contributed by atoms with E-state index in [4.69, 9.17) is 9.47 Å². The van der Waals surface area contributed by atoms with Gasteiger partial charge in [-0.15, -0.1) is 0 Å². The van der Waals surface area contributed by atoms with Crippen LogP contribution in [0.3, 0.4) is 0 Å². The van der Waals surface area contributed by atoms with Crippen LogP contribution in [0.1, 0.15) is 296 Å². The van der Waals surface area contributed by atoms with Crippen molar-refractivity contribution in [3.63, 3.8) is 0 Å². The van der Waals surface area contributed by atoms with Crippen molar-refractivity contribution >= 4 is 5.91 Å². The quantitative estimate of drug-likeness (QED) is 0.0215. The average molecular weight is 1010 g/mol. The number of amides is 1. The van der Waals surface area contributed by atoms with Gasteiger partial charge in [-0.1, -0.05) is 270 Å². The number of hydrogen-bond acceptors (Lipinski definition) is 10. The zero-order valence-corrected chi connectivity index (χ0v) is 46.2. The number of nitrogens with one attached hydrogen (secondary N) is 1. The van der Waals surface area contributed by atoms with Gasteiger partial charge < -0.3 is 50.5 Å². The Morgan fingerprint density at radius 2 is 0.831 bits per heavy atom. The van der Waals surface area contributed by atoms with E-state index in [9.17, 15) is 40.5 Å². The maximum atomic E-state index is 13.2. The van der Waals surface area contributed by atoms with E-state index in [2.05, 4.69) is 31.3 Å². The van der Waals surface area contributed by atoms with Crippen LogP contribution in [0.15, 0.2) is 12.2 Å². The summed E-state index contributed by atoms with van der Waals surface area (Å²) in [4.78, 5) is 13.2. The lowest BCUT2D eigenvalue weighted by atomic mass is 9.98. The predicted molar refractivity (Wildman–Crippen MR) is 293 cm³/mol. The normalized spacial score (nSPS) is 20.2. The summed E-state index contributed by atoms with van der Waals surface area (Å²) in [6.45, 7) is 3.48. The van der Waals surface area contributed by atoms with Gasteiger partial charge in [-0.05, 0) is 38.5 Å². The third-order valence-electron chi connectivity index (χ3n) is 15.1. The van der Waals surface area contributed by atoms with Crippen LogP contribution in [0.4, 0.5) is 0 Å². The van der Waals surface area contributed by atoms with Crippen molar-refractivity contribution in [3.8, 4) is 0 Å². The van der Waals surface area contributed by atoms with Gasteiger partial charge >= 0.3 is 0 Å². The van der Waals surface area contributed by atoms with E-state index in [1.54, 1.807) is 0 Å². The summed E-state index contributed by atoms with van der Waals surface area (Å²) >= 11 is 0. The van der Waals surface area contributed by atoms with E-state index < -0.39 is 74.2 Å². The van der Waals surface area contributed by atoms with Gasteiger partial charge in [0.05, 0.1) is 25.4 Å². The molecule has 1 rings (SSSR count). The number of aliphatic hydroxyl groups is 7. The lowest BCUT2D eigenvalue weighted by Gasteiger charge is -2.40. The number of carbonyl (C=O) groups is 1. The minimum Gasteiger partial charge on any atom is -0.394 e. The molecule has 9 unspecified atom stereocenters.